The zero-order valence-electron chi connectivity index (χ0n) is 10.2. The molecule has 0 aliphatic rings. The third-order valence-electron chi connectivity index (χ3n) is 2.56. The summed E-state index contributed by atoms with van der Waals surface area (Å²) in [5, 5.41) is 3.37. The topological polar surface area (TPSA) is 81.1 Å². The van der Waals surface area contributed by atoms with Crippen LogP contribution < -0.4 is 16.8 Å². The van der Waals surface area contributed by atoms with Crippen LogP contribution >= 0.6 is 11.8 Å². The van der Waals surface area contributed by atoms with Gasteiger partial charge in [-0.2, -0.15) is 11.8 Å². The molecule has 1 aromatic rings. The molecule has 1 rings (SSSR count). The van der Waals surface area contributed by atoms with E-state index in [-0.39, 0.29) is 0 Å². The Morgan fingerprint density at radius 1 is 1.53 bits per heavy atom. The fraction of sp³-hybridized carbons (Fsp3) is 0.417. The molecule has 1 unspecified atom stereocenters. The quantitative estimate of drug-likeness (QED) is 0.677. The van der Waals surface area contributed by atoms with Crippen LogP contribution in [-0.2, 0) is 0 Å². The van der Waals surface area contributed by atoms with Crippen molar-refractivity contribution in [1.82, 2.24) is 0 Å². The second-order valence-electron chi connectivity index (χ2n) is 3.87. The van der Waals surface area contributed by atoms with Gasteiger partial charge in [0.1, 0.15) is 0 Å². The number of nitrogen functional groups attached to an aromatic ring is 1. The van der Waals surface area contributed by atoms with Crippen molar-refractivity contribution in [2.45, 2.75) is 19.4 Å². The minimum Gasteiger partial charge on any atom is -0.397 e. The van der Waals surface area contributed by atoms with E-state index in [0.29, 0.717) is 17.3 Å². The highest BCUT2D eigenvalue weighted by Gasteiger charge is 2.09. The summed E-state index contributed by atoms with van der Waals surface area (Å²) < 4.78 is 0. The van der Waals surface area contributed by atoms with Gasteiger partial charge in [-0.15, -0.1) is 0 Å². The predicted molar refractivity (Wildman–Crippen MR) is 75.5 cm³/mol. The molecule has 1 atom stereocenters. The molecule has 17 heavy (non-hydrogen) atoms. The highest BCUT2D eigenvalue weighted by molar-refractivity contribution is 7.98. The number of hydrogen-bond acceptors (Lipinski definition) is 4. The maximum Gasteiger partial charge on any atom is 0.248 e. The van der Waals surface area contributed by atoms with Crippen LogP contribution in [0.15, 0.2) is 18.2 Å². The van der Waals surface area contributed by atoms with Crippen LogP contribution in [0.25, 0.3) is 0 Å². The first kappa shape index (κ1) is 13.7. The molecule has 0 saturated carbocycles. The fourth-order valence-electron chi connectivity index (χ4n) is 1.53. The minimum absolute atomic E-state index is 0.381. The monoisotopic (exact) mass is 253 g/mol. The van der Waals surface area contributed by atoms with Crippen LogP contribution in [-0.4, -0.2) is 24.0 Å². The summed E-state index contributed by atoms with van der Waals surface area (Å²) in [7, 11) is 0. The van der Waals surface area contributed by atoms with Gasteiger partial charge < -0.3 is 16.8 Å². The smallest absolute Gasteiger partial charge is 0.248 e. The van der Waals surface area contributed by atoms with E-state index in [9.17, 15) is 4.79 Å². The van der Waals surface area contributed by atoms with Crippen LogP contribution in [0, 0.1) is 0 Å². The fourth-order valence-corrected chi connectivity index (χ4v) is 2.25. The van der Waals surface area contributed by atoms with Crippen molar-refractivity contribution >= 4 is 29.0 Å². The van der Waals surface area contributed by atoms with E-state index in [1.165, 1.54) is 0 Å². The molecule has 0 heterocycles. The standard InChI is InChI=1S/C12H19N3OS/c1-3-9(7-17-2)15-11-5-4-8(12(14)16)6-10(11)13/h4-6,9,15H,3,7,13H2,1-2H3,(H2,14,16). The lowest BCUT2D eigenvalue weighted by molar-refractivity contribution is 0.100. The second kappa shape index (κ2) is 6.39. The number of carbonyl (C=O) groups is 1. The molecule has 94 valence electrons. The molecule has 0 radical (unpaired) electrons. The number of amides is 1. The molecular formula is C12H19N3OS. The van der Waals surface area contributed by atoms with Crippen LogP contribution in [0.5, 0.6) is 0 Å². The van der Waals surface area contributed by atoms with Crippen LogP contribution in [0.2, 0.25) is 0 Å². The molecule has 0 bridgehead atoms. The Bertz CT molecular complexity index is 395. The van der Waals surface area contributed by atoms with Gasteiger partial charge in [0.05, 0.1) is 11.4 Å². The van der Waals surface area contributed by atoms with E-state index in [4.69, 9.17) is 11.5 Å². The molecule has 1 aromatic carbocycles. The number of anilines is 2. The Morgan fingerprint density at radius 2 is 2.24 bits per heavy atom. The second-order valence-corrected chi connectivity index (χ2v) is 4.78. The van der Waals surface area contributed by atoms with Crippen LogP contribution in [0.3, 0.4) is 0 Å². The van der Waals surface area contributed by atoms with Gasteiger partial charge in [0.15, 0.2) is 0 Å². The van der Waals surface area contributed by atoms with Crippen molar-refractivity contribution in [3.05, 3.63) is 23.8 Å². The largest absolute Gasteiger partial charge is 0.397 e. The van der Waals surface area contributed by atoms with E-state index < -0.39 is 5.91 Å². The van der Waals surface area contributed by atoms with Crippen molar-refractivity contribution in [2.24, 2.45) is 5.73 Å². The van der Waals surface area contributed by atoms with Gasteiger partial charge in [-0.3, -0.25) is 4.79 Å². The molecule has 0 spiro atoms. The number of benzene rings is 1. The van der Waals surface area contributed by atoms with Gasteiger partial charge in [0.2, 0.25) is 5.91 Å². The number of carbonyl (C=O) groups excluding carboxylic acids is 1. The average molecular weight is 253 g/mol. The van der Waals surface area contributed by atoms with Gasteiger partial charge in [0.25, 0.3) is 0 Å². The van der Waals surface area contributed by atoms with E-state index in [1.54, 1.807) is 30.0 Å². The molecular weight excluding hydrogens is 234 g/mol. The van der Waals surface area contributed by atoms with Crippen molar-refractivity contribution in [1.29, 1.82) is 0 Å². The van der Waals surface area contributed by atoms with Crippen LogP contribution in [0.4, 0.5) is 11.4 Å². The lowest BCUT2D eigenvalue weighted by Crippen LogP contribution is -2.22. The molecule has 5 N–H and O–H groups in total. The highest BCUT2D eigenvalue weighted by Crippen LogP contribution is 2.21. The predicted octanol–water partition coefficient (Wildman–Crippen LogP) is 1.92. The van der Waals surface area contributed by atoms with E-state index in [1.807, 2.05) is 0 Å². The number of hydrogen-bond donors (Lipinski definition) is 3. The van der Waals surface area contributed by atoms with Gasteiger partial charge in [0, 0.05) is 17.4 Å². The number of nitrogens with two attached hydrogens (primary N) is 2. The lowest BCUT2D eigenvalue weighted by Gasteiger charge is -2.18. The molecule has 0 aliphatic heterocycles. The number of nitrogens with one attached hydrogen (secondary N) is 1. The first-order valence-corrected chi connectivity index (χ1v) is 6.92. The molecule has 1 amide bonds. The van der Waals surface area contributed by atoms with Gasteiger partial charge in [-0.25, -0.2) is 0 Å². The Kier molecular flexibility index (Phi) is 5.15. The summed E-state index contributed by atoms with van der Waals surface area (Å²) in [6, 6.07) is 5.48. The Labute approximate surface area is 106 Å². The summed E-state index contributed by atoms with van der Waals surface area (Å²) in [5.74, 6) is 0.562. The summed E-state index contributed by atoms with van der Waals surface area (Å²) in [6.07, 6.45) is 3.10. The Hall–Kier alpha value is -1.36. The summed E-state index contributed by atoms with van der Waals surface area (Å²) in [6.45, 7) is 2.13. The van der Waals surface area contributed by atoms with Crippen molar-refractivity contribution < 1.29 is 4.79 Å². The van der Waals surface area contributed by atoms with Gasteiger partial charge in [-0.1, -0.05) is 6.92 Å². The minimum atomic E-state index is -0.459. The maximum absolute atomic E-state index is 11.0. The highest BCUT2D eigenvalue weighted by atomic mass is 32.2. The zero-order valence-corrected chi connectivity index (χ0v) is 11.0. The third kappa shape index (κ3) is 3.85. The maximum atomic E-state index is 11.0. The first-order chi connectivity index (χ1) is 8.08. The third-order valence-corrected chi connectivity index (χ3v) is 3.29. The summed E-state index contributed by atoms with van der Waals surface area (Å²) in [5.41, 5.74) is 12.9. The average Bonchev–Trinajstić information content (AvgIpc) is 2.30. The SMILES string of the molecule is CCC(CSC)Nc1ccc(C(N)=O)cc1N. The van der Waals surface area contributed by atoms with Crippen molar-refractivity contribution in [2.75, 3.05) is 23.1 Å². The number of primary amides is 1. The van der Waals surface area contributed by atoms with Crippen molar-refractivity contribution in [3.63, 3.8) is 0 Å². The van der Waals surface area contributed by atoms with E-state index in [0.717, 1.165) is 17.9 Å². The molecule has 5 heteroatoms. The van der Waals surface area contributed by atoms with Crippen LogP contribution in [0.1, 0.15) is 23.7 Å². The van der Waals surface area contributed by atoms with Gasteiger partial charge >= 0.3 is 0 Å². The zero-order chi connectivity index (χ0) is 12.8. The van der Waals surface area contributed by atoms with Gasteiger partial charge in [-0.05, 0) is 30.9 Å². The molecule has 0 aliphatic carbocycles. The normalized spacial score (nSPS) is 12.1. The van der Waals surface area contributed by atoms with Crippen molar-refractivity contribution in [3.8, 4) is 0 Å². The molecule has 0 saturated heterocycles. The molecule has 0 aromatic heterocycles. The number of thioether (sulfide) groups is 1. The van der Waals surface area contributed by atoms with E-state index in [2.05, 4.69) is 18.5 Å². The summed E-state index contributed by atoms with van der Waals surface area (Å²) >= 11 is 1.79. The molecule has 4 nitrogen and oxygen atoms in total. The lowest BCUT2D eigenvalue weighted by atomic mass is 10.1. The summed E-state index contributed by atoms with van der Waals surface area (Å²) in [4.78, 5) is 11.0. The number of rotatable bonds is 6. The van der Waals surface area contributed by atoms with E-state index >= 15 is 0 Å². The Morgan fingerprint density at radius 3 is 2.71 bits per heavy atom. The Balaban J connectivity index is 2.81. The molecule has 0 fully saturated rings. The first-order valence-electron chi connectivity index (χ1n) is 5.53.